The number of halogens is 4. The number of hydrogen-bond donors (Lipinski definition) is 1. The molecule has 0 aliphatic carbocycles. The molecule has 0 heterocycles. The molecule has 0 amide bonds. The lowest BCUT2D eigenvalue weighted by molar-refractivity contribution is -0.124. The van der Waals surface area contributed by atoms with Gasteiger partial charge >= 0.3 is 6.18 Å². The highest BCUT2D eigenvalue weighted by Crippen LogP contribution is 2.12. The summed E-state index contributed by atoms with van der Waals surface area (Å²) in [6, 6.07) is 7.41. The van der Waals surface area contributed by atoms with Crippen molar-refractivity contribution in [2.75, 3.05) is 26.7 Å². The quantitative estimate of drug-likeness (QED) is 0.806. The van der Waals surface area contributed by atoms with Gasteiger partial charge in [-0.05, 0) is 24.7 Å². The average molecular weight is 281 g/mol. The molecule has 6 heteroatoms. The Morgan fingerprint density at radius 3 is 2.39 bits per heavy atom. The maximum absolute atomic E-state index is 11.9. The molecule has 0 atom stereocenters. The molecule has 0 bridgehead atoms. The normalized spacial score (nSPS) is 12.1. The minimum atomic E-state index is -4.14. The van der Waals surface area contributed by atoms with Crippen molar-refractivity contribution >= 4 is 11.6 Å². The van der Waals surface area contributed by atoms with Crippen molar-refractivity contribution in [2.24, 2.45) is 0 Å². The monoisotopic (exact) mass is 280 g/mol. The summed E-state index contributed by atoms with van der Waals surface area (Å²) in [6.07, 6.45) is -4.14. The minimum absolute atomic E-state index is 0.309. The van der Waals surface area contributed by atoms with Crippen molar-refractivity contribution in [1.29, 1.82) is 0 Å². The fourth-order valence-electron chi connectivity index (χ4n) is 1.48. The van der Waals surface area contributed by atoms with Gasteiger partial charge in [0.05, 0.1) is 6.54 Å². The lowest BCUT2D eigenvalue weighted by Gasteiger charge is -2.17. The van der Waals surface area contributed by atoms with Crippen LogP contribution >= 0.6 is 11.6 Å². The van der Waals surface area contributed by atoms with E-state index in [1.807, 2.05) is 24.1 Å². The van der Waals surface area contributed by atoms with Crippen LogP contribution in [0.15, 0.2) is 24.3 Å². The van der Waals surface area contributed by atoms with Crippen molar-refractivity contribution in [3.05, 3.63) is 34.9 Å². The zero-order valence-electron chi connectivity index (χ0n) is 10.1. The van der Waals surface area contributed by atoms with Gasteiger partial charge in [-0.2, -0.15) is 13.2 Å². The van der Waals surface area contributed by atoms with Gasteiger partial charge in [0, 0.05) is 24.7 Å². The standard InChI is InChI=1S/C12H16ClF3N2/c1-18(7-6-17-9-12(14,15)16)8-10-2-4-11(13)5-3-10/h2-5,17H,6-9H2,1H3. The fourth-order valence-corrected chi connectivity index (χ4v) is 1.61. The number of hydrogen-bond acceptors (Lipinski definition) is 2. The van der Waals surface area contributed by atoms with Crippen molar-refractivity contribution in [2.45, 2.75) is 12.7 Å². The van der Waals surface area contributed by atoms with E-state index in [1.165, 1.54) is 0 Å². The maximum atomic E-state index is 11.9. The second-order valence-corrected chi connectivity index (χ2v) is 4.59. The third kappa shape index (κ3) is 6.83. The second-order valence-electron chi connectivity index (χ2n) is 4.16. The van der Waals surface area contributed by atoms with Gasteiger partial charge in [0.25, 0.3) is 0 Å². The van der Waals surface area contributed by atoms with Crippen LogP contribution in [0.3, 0.4) is 0 Å². The minimum Gasteiger partial charge on any atom is -0.307 e. The van der Waals surface area contributed by atoms with Gasteiger partial charge in [-0.1, -0.05) is 23.7 Å². The first-order chi connectivity index (χ1) is 8.37. The Labute approximate surface area is 110 Å². The van der Waals surface area contributed by atoms with Crippen LogP contribution in [0.25, 0.3) is 0 Å². The summed E-state index contributed by atoms with van der Waals surface area (Å²) < 4.78 is 35.6. The summed E-state index contributed by atoms with van der Waals surface area (Å²) in [7, 11) is 1.86. The molecule has 0 saturated carbocycles. The number of nitrogens with one attached hydrogen (secondary N) is 1. The summed E-state index contributed by atoms with van der Waals surface area (Å²) in [4.78, 5) is 1.95. The van der Waals surface area contributed by atoms with E-state index in [0.717, 1.165) is 5.56 Å². The molecule has 18 heavy (non-hydrogen) atoms. The smallest absolute Gasteiger partial charge is 0.307 e. The Balaban J connectivity index is 2.21. The number of likely N-dealkylation sites (N-methyl/N-ethyl adjacent to an activating group) is 1. The topological polar surface area (TPSA) is 15.3 Å². The third-order valence-electron chi connectivity index (χ3n) is 2.36. The molecule has 0 radical (unpaired) electrons. The van der Waals surface area contributed by atoms with Gasteiger partial charge in [-0.25, -0.2) is 0 Å². The molecule has 1 aromatic rings. The maximum Gasteiger partial charge on any atom is 0.401 e. The van der Waals surface area contributed by atoms with Crippen LogP contribution in [0.1, 0.15) is 5.56 Å². The van der Waals surface area contributed by atoms with E-state index in [4.69, 9.17) is 11.6 Å². The molecule has 1 N–H and O–H groups in total. The molecule has 0 unspecified atom stereocenters. The first-order valence-corrected chi connectivity index (χ1v) is 5.95. The highest BCUT2D eigenvalue weighted by Gasteiger charge is 2.25. The van der Waals surface area contributed by atoms with Crippen molar-refractivity contribution in [3.63, 3.8) is 0 Å². The van der Waals surface area contributed by atoms with Gasteiger partial charge < -0.3 is 10.2 Å². The Morgan fingerprint density at radius 1 is 1.22 bits per heavy atom. The van der Waals surface area contributed by atoms with Crippen LogP contribution in [0, 0.1) is 0 Å². The molecule has 0 aromatic heterocycles. The molecule has 1 rings (SSSR count). The van der Waals surface area contributed by atoms with Gasteiger partial charge in [-0.3, -0.25) is 0 Å². The summed E-state index contributed by atoms with van der Waals surface area (Å²) >= 11 is 5.76. The number of nitrogens with zero attached hydrogens (tertiary/aromatic N) is 1. The number of rotatable bonds is 6. The van der Waals surface area contributed by atoms with E-state index in [9.17, 15) is 13.2 Å². The van der Waals surface area contributed by atoms with Crippen LogP contribution in [0.4, 0.5) is 13.2 Å². The van der Waals surface area contributed by atoms with Gasteiger partial charge in [0.15, 0.2) is 0 Å². The van der Waals surface area contributed by atoms with E-state index in [2.05, 4.69) is 5.32 Å². The third-order valence-corrected chi connectivity index (χ3v) is 2.61. The van der Waals surface area contributed by atoms with E-state index >= 15 is 0 Å². The molecule has 0 spiro atoms. The highest BCUT2D eigenvalue weighted by molar-refractivity contribution is 6.30. The Bertz CT molecular complexity index is 351. The SMILES string of the molecule is CN(CCNCC(F)(F)F)Cc1ccc(Cl)cc1. The van der Waals surface area contributed by atoms with Crippen LogP contribution in [0.2, 0.25) is 5.02 Å². The van der Waals surface area contributed by atoms with E-state index in [0.29, 0.717) is 24.7 Å². The summed E-state index contributed by atoms with van der Waals surface area (Å²) in [5.74, 6) is 0. The largest absolute Gasteiger partial charge is 0.401 e. The Morgan fingerprint density at radius 2 is 1.83 bits per heavy atom. The van der Waals surface area contributed by atoms with Crippen molar-refractivity contribution < 1.29 is 13.2 Å². The summed E-state index contributed by atoms with van der Waals surface area (Å²) in [5, 5.41) is 3.04. The lowest BCUT2D eigenvalue weighted by Crippen LogP contribution is -2.34. The molecule has 0 saturated heterocycles. The average Bonchev–Trinajstić information content (AvgIpc) is 2.26. The summed E-state index contributed by atoms with van der Waals surface area (Å²) in [5.41, 5.74) is 1.08. The number of benzene rings is 1. The molecular formula is C12H16ClF3N2. The molecule has 0 aliphatic rings. The van der Waals surface area contributed by atoms with E-state index in [-0.39, 0.29) is 0 Å². The summed E-state index contributed by atoms with van der Waals surface area (Å²) in [6.45, 7) is 0.606. The van der Waals surface area contributed by atoms with Gasteiger partial charge in [0.2, 0.25) is 0 Å². The van der Waals surface area contributed by atoms with Gasteiger partial charge in [0.1, 0.15) is 0 Å². The van der Waals surface area contributed by atoms with Crippen LogP contribution in [-0.2, 0) is 6.54 Å². The molecule has 0 aliphatic heterocycles. The van der Waals surface area contributed by atoms with Crippen LogP contribution in [0.5, 0.6) is 0 Å². The Hall–Kier alpha value is -0.780. The Kier molecular flexibility index (Phi) is 5.91. The van der Waals surface area contributed by atoms with Crippen molar-refractivity contribution in [1.82, 2.24) is 10.2 Å². The van der Waals surface area contributed by atoms with Gasteiger partial charge in [-0.15, -0.1) is 0 Å². The van der Waals surface area contributed by atoms with E-state index in [1.54, 1.807) is 12.1 Å². The number of alkyl halides is 3. The van der Waals surface area contributed by atoms with Crippen LogP contribution < -0.4 is 5.32 Å². The predicted octanol–water partition coefficient (Wildman–Crippen LogP) is 2.92. The molecule has 1 aromatic carbocycles. The first-order valence-electron chi connectivity index (χ1n) is 5.57. The van der Waals surface area contributed by atoms with Crippen LogP contribution in [-0.4, -0.2) is 37.8 Å². The lowest BCUT2D eigenvalue weighted by atomic mass is 10.2. The zero-order chi connectivity index (χ0) is 13.6. The molecule has 2 nitrogen and oxygen atoms in total. The highest BCUT2D eigenvalue weighted by atomic mass is 35.5. The molecule has 0 fully saturated rings. The zero-order valence-corrected chi connectivity index (χ0v) is 10.9. The predicted molar refractivity (Wildman–Crippen MR) is 66.7 cm³/mol. The second kappa shape index (κ2) is 6.97. The first kappa shape index (κ1) is 15.3. The van der Waals surface area contributed by atoms with Crippen molar-refractivity contribution in [3.8, 4) is 0 Å². The molecular weight excluding hydrogens is 265 g/mol. The fraction of sp³-hybridized carbons (Fsp3) is 0.500. The molecule has 102 valence electrons. The van der Waals surface area contributed by atoms with E-state index < -0.39 is 12.7 Å².